The highest BCUT2D eigenvalue weighted by atomic mass is 16.4. The van der Waals surface area contributed by atoms with Crippen LogP contribution in [0.15, 0.2) is 24.3 Å². The number of aliphatic carboxylic acids is 1. The summed E-state index contributed by atoms with van der Waals surface area (Å²) in [5.74, 6) is -2.15. The molecule has 4 N–H and O–H groups in total. The summed E-state index contributed by atoms with van der Waals surface area (Å²) >= 11 is 0. The molecule has 30 heavy (non-hydrogen) atoms. The highest BCUT2D eigenvalue weighted by Gasteiger charge is 2.40. The molecule has 0 bridgehead atoms. The minimum Gasteiger partial charge on any atom is -0.480 e. The molecule has 0 saturated heterocycles. The number of fused-ring (bicyclic) bond motifs is 1. The number of anilines is 2. The van der Waals surface area contributed by atoms with Crippen LogP contribution in [0.25, 0.3) is 0 Å². The Morgan fingerprint density at radius 1 is 1.10 bits per heavy atom. The van der Waals surface area contributed by atoms with Crippen molar-refractivity contribution < 1.29 is 24.3 Å². The average Bonchev–Trinajstić information content (AvgIpc) is 2.65. The molecule has 0 saturated carbocycles. The summed E-state index contributed by atoms with van der Waals surface area (Å²) in [5, 5.41) is 17.0. The van der Waals surface area contributed by atoms with E-state index in [4.69, 9.17) is 5.11 Å². The van der Waals surface area contributed by atoms with Gasteiger partial charge < -0.3 is 21.1 Å². The molecule has 0 unspecified atom stereocenters. The first-order chi connectivity index (χ1) is 14.0. The molecule has 1 aliphatic heterocycles. The monoisotopic (exact) mass is 418 g/mol. The summed E-state index contributed by atoms with van der Waals surface area (Å²) < 4.78 is 0. The molecule has 1 aromatic rings. The number of hydrogen-bond acceptors (Lipinski definition) is 4. The minimum atomic E-state index is -1.17. The molecule has 0 spiro atoms. The van der Waals surface area contributed by atoms with Crippen LogP contribution in [0.2, 0.25) is 0 Å². The molecule has 9 nitrogen and oxygen atoms in total. The molecule has 0 fully saturated rings. The molecule has 0 aromatic heterocycles. The van der Waals surface area contributed by atoms with Crippen LogP contribution >= 0.6 is 0 Å². The minimum absolute atomic E-state index is 0.0685. The Morgan fingerprint density at radius 3 is 2.30 bits per heavy atom. The van der Waals surface area contributed by atoms with Crippen molar-refractivity contribution in [2.24, 2.45) is 11.8 Å². The van der Waals surface area contributed by atoms with E-state index in [1.807, 2.05) is 27.7 Å². The van der Waals surface area contributed by atoms with E-state index in [1.54, 1.807) is 24.3 Å². The molecular weight excluding hydrogens is 388 g/mol. The van der Waals surface area contributed by atoms with E-state index in [-0.39, 0.29) is 17.7 Å². The number of carboxylic acid groups (broad SMARTS) is 1. The third-order valence-corrected chi connectivity index (χ3v) is 4.87. The van der Waals surface area contributed by atoms with Gasteiger partial charge in [0.25, 0.3) is 0 Å². The lowest BCUT2D eigenvalue weighted by Crippen LogP contribution is -2.60. The van der Waals surface area contributed by atoms with Gasteiger partial charge in [-0.3, -0.25) is 19.3 Å². The van der Waals surface area contributed by atoms with E-state index >= 15 is 0 Å². The lowest BCUT2D eigenvalue weighted by molar-refractivity contribution is -0.141. The van der Waals surface area contributed by atoms with E-state index in [0.29, 0.717) is 17.8 Å². The smallest absolute Gasteiger partial charge is 0.325 e. The maximum atomic E-state index is 13.3. The van der Waals surface area contributed by atoms with Crippen LogP contribution in [0.3, 0.4) is 0 Å². The van der Waals surface area contributed by atoms with Gasteiger partial charge >= 0.3 is 12.0 Å². The van der Waals surface area contributed by atoms with E-state index in [9.17, 15) is 19.2 Å². The molecule has 4 amide bonds. The number of benzene rings is 1. The summed E-state index contributed by atoms with van der Waals surface area (Å²) in [7, 11) is 0. The molecule has 1 heterocycles. The Morgan fingerprint density at radius 2 is 1.73 bits per heavy atom. The van der Waals surface area contributed by atoms with Crippen LogP contribution in [0.4, 0.5) is 16.2 Å². The second-order valence-electron chi connectivity index (χ2n) is 8.27. The van der Waals surface area contributed by atoms with Crippen LogP contribution in [0.5, 0.6) is 0 Å². The number of carbonyl (C=O) groups is 4. The molecule has 0 radical (unpaired) electrons. The second kappa shape index (κ2) is 9.60. The van der Waals surface area contributed by atoms with Crippen molar-refractivity contribution in [1.29, 1.82) is 0 Å². The first-order valence-electron chi connectivity index (χ1n) is 10.1. The number of para-hydroxylation sites is 2. The van der Waals surface area contributed by atoms with Gasteiger partial charge in [-0.15, -0.1) is 0 Å². The van der Waals surface area contributed by atoms with Gasteiger partial charge in [0, 0.05) is 0 Å². The van der Waals surface area contributed by atoms with Gasteiger partial charge in [-0.1, -0.05) is 39.8 Å². The Labute approximate surface area is 176 Å². The zero-order valence-corrected chi connectivity index (χ0v) is 17.9. The first-order valence-corrected chi connectivity index (χ1v) is 10.1. The van der Waals surface area contributed by atoms with Crippen LogP contribution in [0, 0.1) is 11.8 Å². The van der Waals surface area contributed by atoms with Gasteiger partial charge in [0.05, 0.1) is 11.4 Å². The molecule has 9 heteroatoms. The fraction of sp³-hybridized carbons (Fsp3) is 0.524. The highest BCUT2D eigenvalue weighted by molar-refractivity contribution is 6.12. The summed E-state index contributed by atoms with van der Waals surface area (Å²) in [5.41, 5.74) is 1.05. The lowest BCUT2D eigenvalue weighted by Gasteiger charge is -2.39. The molecule has 0 aliphatic carbocycles. The van der Waals surface area contributed by atoms with E-state index < -0.39 is 36.0 Å². The largest absolute Gasteiger partial charge is 0.480 e. The normalized spacial score (nSPS) is 17.8. The van der Waals surface area contributed by atoms with Crippen molar-refractivity contribution in [3.63, 3.8) is 0 Å². The standard InChI is InChI=1S/C21H30N4O5/c1-11(2)10-15(18(26)22-13(5)20(28)29)24-21(30)25-16-9-7-6-8-14(16)23-19(27)17(25)12(3)4/h6-9,11-13,15,17H,10H2,1-5H3,(H,22,26)(H,23,27)(H,24,30)(H,28,29)/t13-,15-,17-/m0/s1. The fourth-order valence-electron chi connectivity index (χ4n) is 3.40. The summed E-state index contributed by atoms with van der Waals surface area (Å²) in [6.45, 7) is 8.83. The van der Waals surface area contributed by atoms with Crippen LogP contribution in [0.1, 0.15) is 41.0 Å². The van der Waals surface area contributed by atoms with Crippen LogP contribution in [-0.4, -0.2) is 47.0 Å². The van der Waals surface area contributed by atoms with Gasteiger partial charge in [-0.25, -0.2) is 4.79 Å². The number of hydrogen-bond donors (Lipinski definition) is 4. The molecule has 3 atom stereocenters. The molecule has 2 rings (SSSR count). The third kappa shape index (κ3) is 5.28. The third-order valence-electron chi connectivity index (χ3n) is 4.87. The number of urea groups is 1. The van der Waals surface area contributed by atoms with Crippen molar-refractivity contribution in [2.75, 3.05) is 10.2 Å². The molecule has 1 aromatic carbocycles. The lowest BCUT2D eigenvalue weighted by atomic mass is 9.97. The Bertz CT molecular complexity index is 823. The Kier molecular flexibility index (Phi) is 7.42. The number of nitrogens with zero attached hydrogens (tertiary/aromatic N) is 1. The van der Waals surface area contributed by atoms with Crippen molar-refractivity contribution in [3.8, 4) is 0 Å². The predicted octanol–water partition coefficient (Wildman–Crippen LogP) is 2.18. The average molecular weight is 418 g/mol. The van der Waals surface area contributed by atoms with E-state index in [0.717, 1.165) is 0 Å². The highest BCUT2D eigenvalue weighted by Crippen LogP contribution is 2.34. The number of rotatable bonds is 7. The van der Waals surface area contributed by atoms with Crippen molar-refractivity contribution in [2.45, 2.75) is 59.2 Å². The van der Waals surface area contributed by atoms with Gasteiger partial charge in [-0.2, -0.15) is 0 Å². The zero-order valence-electron chi connectivity index (χ0n) is 17.9. The van der Waals surface area contributed by atoms with Gasteiger partial charge in [0.2, 0.25) is 11.8 Å². The number of amides is 4. The summed E-state index contributed by atoms with van der Waals surface area (Å²) in [6.07, 6.45) is 0.317. The fourth-order valence-corrected chi connectivity index (χ4v) is 3.40. The van der Waals surface area contributed by atoms with Crippen LogP contribution in [-0.2, 0) is 14.4 Å². The maximum Gasteiger partial charge on any atom is 0.325 e. The quantitative estimate of drug-likeness (QED) is 0.540. The summed E-state index contributed by atoms with van der Waals surface area (Å²) in [4.78, 5) is 51.0. The van der Waals surface area contributed by atoms with Crippen LogP contribution < -0.4 is 20.9 Å². The van der Waals surface area contributed by atoms with Gasteiger partial charge in [0.1, 0.15) is 18.1 Å². The van der Waals surface area contributed by atoms with Crippen molar-refractivity contribution in [3.05, 3.63) is 24.3 Å². The number of carbonyl (C=O) groups excluding carboxylic acids is 3. The maximum absolute atomic E-state index is 13.3. The van der Waals surface area contributed by atoms with Crippen molar-refractivity contribution in [1.82, 2.24) is 10.6 Å². The number of nitrogens with one attached hydrogen (secondary N) is 3. The van der Waals surface area contributed by atoms with E-state index in [2.05, 4.69) is 16.0 Å². The first kappa shape index (κ1) is 23.2. The number of carboxylic acids is 1. The summed E-state index contributed by atoms with van der Waals surface area (Å²) in [6, 6.07) is 3.59. The zero-order chi connectivity index (χ0) is 22.6. The topological polar surface area (TPSA) is 128 Å². The molecule has 164 valence electrons. The Hall–Kier alpha value is -3.10. The molecule has 1 aliphatic rings. The van der Waals surface area contributed by atoms with E-state index in [1.165, 1.54) is 11.8 Å². The Balaban J connectivity index is 2.33. The van der Waals surface area contributed by atoms with Gasteiger partial charge in [0.15, 0.2) is 0 Å². The predicted molar refractivity (Wildman–Crippen MR) is 113 cm³/mol. The van der Waals surface area contributed by atoms with Gasteiger partial charge in [-0.05, 0) is 37.3 Å². The van der Waals surface area contributed by atoms with Crippen molar-refractivity contribution >= 4 is 35.2 Å². The molecular formula is C21H30N4O5. The second-order valence-corrected chi connectivity index (χ2v) is 8.27. The SMILES string of the molecule is CC(C)C[C@H](NC(=O)N1c2ccccc2NC(=O)[C@@H]1C(C)C)C(=O)N[C@@H](C)C(=O)O.